The van der Waals surface area contributed by atoms with E-state index in [2.05, 4.69) is 15.5 Å². The van der Waals surface area contributed by atoms with Gasteiger partial charge in [-0.25, -0.2) is 0 Å². The average Bonchev–Trinajstić information content (AvgIpc) is 2.68. The highest BCUT2D eigenvalue weighted by Crippen LogP contribution is 2.06. The summed E-state index contributed by atoms with van der Waals surface area (Å²) in [6.45, 7) is 1.83. The Labute approximate surface area is 97.3 Å². The molecule has 0 unspecified atom stereocenters. The van der Waals surface area contributed by atoms with E-state index in [4.69, 9.17) is 0 Å². The number of hydrogen-bond donors (Lipinski definition) is 2. The van der Waals surface area contributed by atoms with Gasteiger partial charge >= 0.3 is 0 Å². The quantitative estimate of drug-likeness (QED) is 0.798. The molecule has 0 saturated carbocycles. The molecule has 0 saturated heterocycles. The molecule has 0 fully saturated rings. The van der Waals surface area contributed by atoms with Crippen molar-refractivity contribution in [2.75, 3.05) is 5.32 Å². The molecule has 2 N–H and O–H groups in total. The maximum absolute atomic E-state index is 11.8. The van der Waals surface area contributed by atoms with Crippen LogP contribution in [0.3, 0.4) is 0 Å². The van der Waals surface area contributed by atoms with E-state index in [1.807, 2.05) is 6.92 Å². The van der Waals surface area contributed by atoms with Crippen LogP contribution in [0.2, 0.25) is 0 Å². The Kier molecular flexibility index (Phi) is 2.78. The molecular weight excluding hydrogens is 220 g/mol. The van der Waals surface area contributed by atoms with E-state index in [1.165, 1.54) is 10.6 Å². The van der Waals surface area contributed by atoms with E-state index in [9.17, 15) is 9.59 Å². The minimum Gasteiger partial charge on any atom is -0.319 e. The van der Waals surface area contributed by atoms with Crippen molar-refractivity contribution in [3.63, 3.8) is 0 Å². The third-order valence-corrected chi connectivity index (χ3v) is 2.31. The van der Waals surface area contributed by atoms with E-state index in [0.29, 0.717) is 11.4 Å². The van der Waals surface area contributed by atoms with Gasteiger partial charge in [-0.2, -0.15) is 5.10 Å². The number of H-pyrrole nitrogens is 1. The summed E-state index contributed by atoms with van der Waals surface area (Å²) in [7, 11) is 1.63. The summed E-state index contributed by atoms with van der Waals surface area (Å²) in [6, 6.07) is 4.57. The molecule has 2 aromatic rings. The van der Waals surface area contributed by atoms with E-state index in [0.717, 1.165) is 5.69 Å². The second-order valence-electron chi connectivity index (χ2n) is 3.75. The molecule has 0 spiro atoms. The van der Waals surface area contributed by atoms with Crippen LogP contribution in [-0.4, -0.2) is 20.7 Å². The molecule has 0 radical (unpaired) electrons. The molecule has 88 valence electrons. The van der Waals surface area contributed by atoms with Gasteiger partial charge in [-0.1, -0.05) is 0 Å². The number of aryl methyl sites for hydroxylation is 2. The molecule has 0 aliphatic heterocycles. The van der Waals surface area contributed by atoms with Gasteiger partial charge in [-0.05, 0) is 13.0 Å². The number of carbonyl (C=O) groups excluding carboxylic acids is 1. The molecule has 0 bridgehead atoms. The van der Waals surface area contributed by atoms with Crippen molar-refractivity contribution < 1.29 is 4.79 Å². The summed E-state index contributed by atoms with van der Waals surface area (Å²) in [5.74, 6) is 0.0855. The van der Waals surface area contributed by atoms with Crippen molar-refractivity contribution in [1.29, 1.82) is 0 Å². The third kappa shape index (κ3) is 2.41. The molecule has 2 aromatic heterocycles. The molecule has 0 aliphatic carbocycles. The second-order valence-corrected chi connectivity index (χ2v) is 3.75. The van der Waals surface area contributed by atoms with Crippen LogP contribution in [0, 0.1) is 6.92 Å². The van der Waals surface area contributed by atoms with Gasteiger partial charge in [-0.15, -0.1) is 0 Å². The molecule has 0 aliphatic rings. The molecule has 0 atom stereocenters. The maximum atomic E-state index is 11.8. The summed E-state index contributed by atoms with van der Waals surface area (Å²) in [6.07, 6.45) is 1.55. The third-order valence-electron chi connectivity index (χ3n) is 2.31. The highest BCUT2D eigenvalue weighted by atomic mass is 16.2. The van der Waals surface area contributed by atoms with Gasteiger partial charge in [0.15, 0.2) is 5.82 Å². The lowest BCUT2D eigenvalue weighted by Gasteiger charge is -2.02. The lowest BCUT2D eigenvalue weighted by Crippen LogP contribution is -2.20. The van der Waals surface area contributed by atoms with Gasteiger partial charge < -0.3 is 9.88 Å². The zero-order valence-corrected chi connectivity index (χ0v) is 9.52. The number of amides is 1. The largest absolute Gasteiger partial charge is 0.319 e. The first kappa shape index (κ1) is 11.1. The van der Waals surface area contributed by atoms with Crippen molar-refractivity contribution in [2.45, 2.75) is 6.92 Å². The number of carbonyl (C=O) groups is 1. The van der Waals surface area contributed by atoms with Gasteiger partial charge in [0.2, 0.25) is 0 Å². The standard InChI is InChI=1S/C11H12N4O2/c1-7-5-9(14-13-7)12-11(17)8-3-4-15(2)10(16)6-8/h3-6H,1-2H3,(H2,12,13,14,17). The first-order chi connectivity index (χ1) is 8.06. The number of pyridine rings is 1. The van der Waals surface area contributed by atoms with Crippen LogP contribution >= 0.6 is 0 Å². The number of rotatable bonds is 2. The highest BCUT2D eigenvalue weighted by Gasteiger charge is 2.08. The fourth-order valence-corrected chi connectivity index (χ4v) is 1.36. The van der Waals surface area contributed by atoms with Crippen molar-refractivity contribution in [3.05, 3.63) is 46.0 Å². The second kappa shape index (κ2) is 4.25. The maximum Gasteiger partial charge on any atom is 0.257 e. The Morgan fingerprint density at radius 3 is 2.82 bits per heavy atom. The van der Waals surface area contributed by atoms with E-state index in [1.54, 1.807) is 25.4 Å². The molecule has 2 rings (SSSR count). The topological polar surface area (TPSA) is 79.8 Å². The molecule has 2 heterocycles. The Hall–Kier alpha value is -2.37. The first-order valence-corrected chi connectivity index (χ1v) is 5.06. The van der Waals surface area contributed by atoms with Crippen molar-refractivity contribution in [3.8, 4) is 0 Å². The van der Waals surface area contributed by atoms with E-state index >= 15 is 0 Å². The number of nitrogens with one attached hydrogen (secondary N) is 2. The lowest BCUT2D eigenvalue weighted by atomic mass is 10.2. The molecule has 6 nitrogen and oxygen atoms in total. The normalized spacial score (nSPS) is 10.2. The van der Waals surface area contributed by atoms with E-state index in [-0.39, 0.29) is 11.5 Å². The smallest absolute Gasteiger partial charge is 0.257 e. The zero-order valence-electron chi connectivity index (χ0n) is 9.52. The van der Waals surface area contributed by atoms with Gasteiger partial charge in [0, 0.05) is 36.6 Å². The number of nitrogens with zero attached hydrogens (tertiary/aromatic N) is 2. The van der Waals surface area contributed by atoms with Crippen LogP contribution in [0.4, 0.5) is 5.82 Å². The van der Waals surface area contributed by atoms with Crippen LogP contribution in [0.5, 0.6) is 0 Å². The van der Waals surface area contributed by atoms with Gasteiger partial charge in [-0.3, -0.25) is 14.7 Å². The van der Waals surface area contributed by atoms with Crippen LogP contribution in [0.25, 0.3) is 0 Å². The van der Waals surface area contributed by atoms with Crippen molar-refractivity contribution in [2.24, 2.45) is 7.05 Å². The average molecular weight is 232 g/mol. The summed E-state index contributed by atoms with van der Waals surface area (Å²) < 4.78 is 1.40. The summed E-state index contributed by atoms with van der Waals surface area (Å²) in [5, 5.41) is 9.19. The number of hydrogen-bond acceptors (Lipinski definition) is 3. The van der Waals surface area contributed by atoms with Crippen LogP contribution < -0.4 is 10.9 Å². The van der Waals surface area contributed by atoms with Crippen LogP contribution in [-0.2, 0) is 7.05 Å². The molecule has 6 heteroatoms. The van der Waals surface area contributed by atoms with E-state index < -0.39 is 0 Å². The number of aromatic amines is 1. The van der Waals surface area contributed by atoms with Gasteiger partial charge in [0.05, 0.1) is 0 Å². The predicted molar refractivity (Wildman–Crippen MR) is 63.0 cm³/mol. The molecule has 0 aromatic carbocycles. The minimum absolute atomic E-state index is 0.226. The summed E-state index contributed by atoms with van der Waals surface area (Å²) in [5.41, 5.74) is 0.939. The molecular formula is C11H12N4O2. The number of aromatic nitrogens is 3. The summed E-state index contributed by atoms with van der Waals surface area (Å²) in [4.78, 5) is 23.1. The fraction of sp³-hybridized carbons (Fsp3) is 0.182. The van der Waals surface area contributed by atoms with Gasteiger partial charge in [0.25, 0.3) is 11.5 Å². The minimum atomic E-state index is -0.353. The van der Waals surface area contributed by atoms with Crippen molar-refractivity contribution >= 4 is 11.7 Å². The molecule has 1 amide bonds. The number of anilines is 1. The lowest BCUT2D eigenvalue weighted by molar-refractivity contribution is 0.102. The first-order valence-electron chi connectivity index (χ1n) is 5.06. The van der Waals surface area contributed by atoms with Crippen molar-refractivity contribution in [1.82, 2.24) is 14.8 Å². The monoisotopic (exact) mass is 232 g/mol. The molecule has 17 heavy (non-hydrogen) atoms. The predicted octanol–water partition coefficient (Wildman–Crippen LogP) is 0.669. The Morgan fingerprint density at radius 2 is 2.24 bits per heavy atom. The van der Waals surface area contributed by atoms with Gasteiger partial charge in [0.1, 0.15) is 0 Å². The summed E-state index contributed by atoms with van der Waals surface area (Å²) >= 11 is 0. The SMILES string of the molecule is Cc1cc(NC(=O)c2ccn(C)c(=O)c2)n[nH]1. The Morgan fingerprint density at radius 1 is 1.47 bits per heavy atom. The van der Waals surface area contributed by atoms with Crippen LogP contribution in [0.1, 0.15) is 16.1 Å². The van der Waals surface area contributed by atoms with Crippen LogP contribution in [0.15, 0.2) is 29.2 Å². The Balaban J connectivity index is 2.20. The zero-order chi connectivity index (χ0) is 12.4. The fourth-order valence-electron chi connectivity index (χ4n) is 1.36. The Bertz CT molecular complexity index is 612. The highest BCUT2D eigenvalue weighted by molar-refractivity contribution is 6.03.